The topological polar surface area (TPSA) is 49.4 Å². The van der Waals surface area contributed by atoms with E-state index in [1.54, 1.807) is 4.90 Å². The Morgan fingerprint density at radius 3 is 2.72 bits per heavy atom. The number of hydrogen-bond acceptors (Lipinski definition) is 2. The minimum Gasteiger partial charge on any atom is -0.342 e. The van der Waals surface area contributed by atoms with E-state index >= 15 is 0 Å². The molecule has 1 N–H and O–H groups in total. The van der Waals surface area contributed by atoms with Crippen molar-refractivity contribution in [2.45, 2.75) is 12.8 Å². The lowest BCUT2D eigenvalue weighted by Crippen LogP contribution is -2.30. The number of carbonyl (C=O) groups is 2. The largest absolute Gasteiger partial charge is 0.342 e. The van der Waals surface area contributed by atoms with Gasteiger partial charge in [0.15, 0.2) is 0 Å². The lowest BCUT2D eigenvalue weighted by molar-refractivity contribution is -0.128. The van der Waals surface area contributed by atoms with Gasteiger partial charge in [-0.25, -0.2) is 4.39 Å². The average molecular weight is 361 g/mol. The van der Waals surface area contributed by atoms with Gasteiger partial charge in [0.1, 0.15) is 5.82 Å². The lowest BCUT2D eigenvalue weighted by Gasteiger charge is -2.16. The number of carbonyl (C=O) groups excluding carboxylic acids is 2. The molecule has 1 atom stereocenters. The van der Waals surface area contributed by atoms with E-state index < -0.39 is 11.7 Å². The molecule has 0 radical (unpaired) electrons. The van der Waals surface area contributed by atoms with Crippen molar-refractivity contribution < 1.29 is 14.0 Å². The third-order valence-electron chi connectivity index (χ3n) is 4.29. The zero-order valence-electron chi connectivity index (χ0n) is 13.5. The van der Waals surface area contributed by atoms with Crippen LogP contribution in [0.1, 0.15) is 12.0 Å². The van der Waals surface area contributed by atoms with Gasteiger partial charge >= 0.3 is 0 Å². The Kier molecular flexibility index (Phi) is 5.34. The Morgan fingerprint density at radius 1 is 1.24 bits per heavy atom. The van der Waals surface area contributed by atoms with Crippen LogP contribution in [0, 0.1) is 11.7 Å². The minimum atomic E-state index is -0.592. The van der Waals surface area contributed by atoms with Crippen LogP contribution in [0.5, 0.6) is 0 Å². The first-order valence-electron chi connectivity index (χ1n) is 8.10. The minimum absolute atomic E-state index is 0.0485. The number of rotatable bonds is 5. The van der Waals surface area contributed by atoms with Gasteiger partial charge in [-0.2, -0.15) is 0 Å². The van der Waals surface area contributed by atoms with Crippen molar-refractivity contribution in [2.75, 3.05) is 18.4 Å². The summed E-state index contributed by atoms with van der Waals surface area (Å²) in [4.78, 5) is 26.1. The Hall–Kier alpha value is -2.40. The molecule has 1 heterocycles. The van der Waals surface area contributed by atoms with Crippen LogP contribution in [-0.2, 0) is 16.0 Å². The van der Waals surface area contributed by atoms with E-state index in [0.29, 0.717) is 13.1 Å². The quantitative estimate of drug-likeness (QED) is 0.887. The zero-order valence-corrected chi connectivity index (χ0v) is 14.3. The summed E-state index contributed by atoms with van der Waals surface area (Å²) in [5, 5.41) is 2.81. The van der Waals surface area contributed by atoms with Crippen LogP contribution < -0.4 is 5.32 Å². The van der Waals surface area contributed by atoms with Crippen molar-refractivity contribution in [3.05, 3.63) is 64.9 Å². The molecule has 6 heteroatoms. The number of benzene rings is 2. The molecule has 0 spiro atoms. The Balaban J connectivity index is 1.57. The van der Waals surface area contributed by atoms with E-state index in [9.17, 15) is 14.0 Å². The maximum absolute atomic E-state index is 13.8. The molecule has 2 aromatic carbocycles. The number of anilines is 1. The molecule has 3 rings (SSSR count). The van der Waals surface area contributed by atoms with Gasteiger partial charge in [-0.15, -0.1) is 0 Å². The van der Waals surface area contributed by atoms with Gasteiger partial charge in [-0.1, -0.05) is 41.9 Å². The van der Waals surface area contributed by atoms with Gasteiger partial charge in [0.25, 0.3) is 0 Å². The summed E-state index contributed by atoms with van der Waals surface area (Å²) in [6.07, 6.45) is 0.891. The highest BCUT2D eigenvalue weighted by Gasteiger charge is 2.34. The van der Waals surface area contributed by atoms with Gasteiger partial charge < -0.3 is 10.2 Å². The van der Waals surface area contributed by atoms with Crippen molar-refractivity contribution in [1.29, 1.82) is 0 Å². The molecule has 2 aromatic rings. The van der Waals surface area contributed by atoms with Gasteiger partial charge in [-0.3, -0.25) is 9.59 Å². The molecule has 0 saturated carbocycles. The number of nitrogens with zero attached hydrogens (tertiary/aromatic N) is 1. The second kappa shape index (κ2) is 7.66. The van der Waals surface area contributed by atoms with Crippen LogP contribution in [0.3, 0.4) is 0 Å². The fourth-order valence-electron chi connectivity index (χ4n) is 2.90. The molecular weight excluding hydrogens is 343 g/mol. The Bertz CT molecular complexity index is 782. The third-order valence-corrected chi connectivity index (χ3v) is 4.52. The first kappa shape index (κ1) is 17.4. The molecule has 130 valence electrons. The fourth-order valence-corrected chi connectivity index (χ4v) is 3.06. The van der Waals surface area contributed by atoms with E-state index in [4.69, 9.17) is 11.6 Å². The molecule has 1 saturated heterocycles. The van der Waals surface area contributed by atoms with Crippen molar-refractivity contribution in [3.63, 3.8) is 0 Å². The van der Waals surface area contributed by atoms with Crippen LogP contribution >= 0.6 is 11.6 Å². The molecule has 25 heavy (non-hydrogen) atoms. The number of nitrogens with one attached hydrogen (secondary N) is 1. The predicted molar refractivity (Wildman–Crippen MR) is 94.9 cm³/mol. The lowest BCUT2D eigenvalue weighted by atomic mass is 10.1. The maximum atomic E-state index is 13.8. The summed E-state index contributed by atoms with van der Waals surface area (Å²) in [6.45, 7) is 0.925. The molecule has 2 amide bonds. The molecule has 1 aliphatic heterocycles. The van der Waals surface area contributed by atoms with Gasteiger partial charge in [-0.05, 0) is 30.2 Å². The molecule has 0 aliphatic carbocycles. The van der Waals surface area contributed by atoms with Crippen LogP contribution in [0.25, 0.3) is 0 Å². The third kappa shape index (κ3) is 4.37. The van der Waals surface area contributed by atoms with Crippen molar-refractivity contribution in [3.8, 4) is 0 Å². The summed E-state index contributed by atoms with van der Waals surface area (Å²) in [6, 6.07) is 13.9. The van der Waals surface area contributed by atoms with Crippen LogP contribution in [0.2, 0.25) is 5.02 Å². The van der Waals surface area contributed by atoms with Gasteiger partial charge in [0.2, 0.25) is 11.8 Å². The Labute approximate surface area is 150 Å². The molecule has 1 fully saturated rings. The van der Waals surface area contributed by atoms with E-state index in [-0.39, 0.29) is 28.9 Å². The highest BCUT2D eigenvalue weighted by atomic mass is 35.5. The molecule has 0 aromatic heterocycles. The van der Waals surface area contributed by atoms with Crippen molar-refractivity contribution >= 4 is 29.1 Å². The first-order valence-corrected chi connectivity index (χ1v) is 8.48. The van der Waals surface area contributed by atoms with E-state index in [2.05, 4.69) is 5.32 Å². The van der Waals surface area contributed by atoms with Gasteiger partial charge in [0.05, 0.1) is 11.6 Å². The SMILES string of the molecule is O=C(Nc1ccc(Cl)cc1F)[C@@H]1CC(=O)N(CCc2ccccc2)C1. The summed E-state index contributed by atoms with van der Waals surface area (Å²) in [7, 11) is 0. The van der Waals surface area contributed by atoms with Crippen molar-refractivity contribution in [1.82, 2.24) is 4.90 Å². The molecule has 4 nitrogen and oxygen atoms in total. The number of likely N-dealkylation sites (tertiary alicyclic amines) is 1. The smallest absolute Gasteiger partial charge is 0.229 e. The van der Waals surface area contributed by atoms with E-state index in [1.807, 2.05) is 30.3 Å². The first-order chi connectivity index (χ1) is 12.0. The van der Waals surface area contributed by atoms with Crippen molar-refractivity contribution in [2.24, 2.45) is 5.92 Å². The predicted octanol–water partition coefficient (Wildman–Crippen LogP) is 3.51. The number of halogens is 2. The molecular formula is C19H18ClFN2O2. The molecule has 0 bridgehead atoms. The van der Waals surface area contributed by atoms with Crippen LogP contribution in [-0.4, -0.2) is 29.8 Å². The zero-order chi connectivity index (χ0) is 17.8. The van der Waals surface area contributed by atoms with Gasteiger partial charge in [0, 0.05) is 24.5 Å². The summed E-state index contributed by atoms with van der Waals surface area (Å²) < 4.78 is 13.8. The maximum Gasteiger partial charge on any atom is 0.229 e. The van der Waals surface area contributed by atoms with E-state index in [0.717, 1.165) is 18.1 Å². The highest BCUT2D eigenvalue weighted by molar-refractivity contribution is 6.30. The summed E-state index contributed by atoms with van der Waals surface area (Å²) >= 11 is 5.70. The summed E-state index contributed by atoms with van der Waals surface area (Å²) in [5.41, 5.74) is 1.22. The van der Waals surface area contributed by atoms with Crippen LogP contribution in [0.4, 0.5) is 10.1 Å². The highest BCUT2D eigenvalue weighted by Crippen LogP contribution is 2.23. The molecule has 1 aliphatic rings. The second-order valence-electron chi connectivity index (χ2n) is 6.09. The summed E-state index contributed by atoms with van der Waals surface area (Å²) in [5.74, 6) is -1.46. The average Bonchev–Trinajstić information content (AvgIpc) is 2.97. The fraction of sp³-hybridized carbons (Fsp3) is 0.263. The Morgan fingerprint density at radius 2 is 2.00 bits per heavy atom. The number of hydrogen-bond donors (Lipinski definition) is 1. The van der Waals surface area contributed by atoms with E-state index in [1.165, 1.54) is 12.1 Å². The normalized spacial score (nSPS) is 17.0. The number of amides is 2. The monoisotopic (exact) mass is 360 g/mol. The standard InChI is InChI=1S/C19H18ClFN2O2/c20-15-6-7-17(16(21)11-15)22-19(25)14-10-18(24)23(12-14)9-8-13-4-2-1-3-5-13/h1-7,11,14H,8-10,12H2,(H,22,25)/t14-/m1/s1. The second-order valence-corrected chi connectivity index (χ2v) is 6.53. The molecule has 0 unspecified atom stereocenters. The van der Waals surface area contributed by atoms with Crippen LogP contribution in [0.15, 0.2) is 48.5 Å².